The molecule has 174 valence electrons. The summed E-state index contributed by atoms with van der Waals surface area (Å²) in [4.78, 5) is 15.4. The van der Waals surface area contributed by atoms with Gasteiger partial charge in [-0.1, -0.05) is 52.0 Å². The van der Waals surface area contributed by atoms with Gasteiger partial charge in [-0.25, -0.2) is 4.79 Å². The van der Waals surface area contributed by atoms with E-state index in [4.69, 9.17) is 13.9 Å². The van der Waals surface area contributed by atoms with Crippen molar-refractivity contribution in [1.29, 1.82) is 0 Å². The van der Waals surface area contributed by atoms with Gasteiger partial charge in [0.1, 0.15) is 11.5 Å². The Morgan fingerprint density at radius 1 is 0.939 bits per heavy atom. The molecular formula is C27H32N2O4. The van der Waals surface area contributed by atoms with Crippen molar-refractivity contribution in [3.05, 3.63) is 76.7 Å². The predicted molar refractivity (Wildman–Crippen MR) is 129 cm³/mol. The molecule has 2 amide bonds. The lowest BCUT2D eigenvalue weighted by Crippen LogP contribution is -2.34. The number of nitrogens with zero attached hydrogens (tertiary/aromatic N) is 1. The summed E-state index contributed by atoms with van der Waals surface area (Å²) in [6, 6.07) is 15.7. The number of benzene rings is 2. The highest BCUT2D eigenvalue weighted by atomic mass is 16.7. The van der Waals surface area contributed by atoms with Crippen LogP contribution in [0.25, 0.3) is 0 Å². The summed E-state index contributed by atoms with van der Waals surface area (Å²) >= 11 is 0. The number of ether oxygens (including phenoxy) is 2. The molecule has 6 nitrogen and oxygen atoms in total. The average Bonchev–Trinajstić information content (AvgIpc) is 3.41. The van der Waals surface area contributed by atoms with E-state index in [2.05, 4.69) is 51.2 Å². The Kier molecular flexibility index (Phi) is 6.63. The Hall–Kier alpha value is -3.41. The number of amides is 2. The lowest BCUT2D eigenvalue weighted by atomic mass is 9.93. The van der Waals surface area contributed by atoms with Gasteiger partial charge in [0.2, 0.25) is 6.79 Å². The fourth-order valence-electron chi connectivity index (χ4n) is 4.10. The fourth-order valence-corrected chi connectivity index (χ4v) is 4.10. The quantitative estimate of drug-likeness (QED) is 0.432. The van der Waals surface area contributed by atoms with Crippen molar-refractivity contribution in [2.45, 2.75) is 59.5 Å². The molecule has 0 atom stereocenters. The van der Waals surface area contributed by atoms with Gasteiger partial charge >= 0.3 is 6.03 Å². The van der Waals surface area contributed by atoms with Crippen LogP contribution in [0.4, 0.5) is 10.5 Å². The number of para-hydroxylation sites is 1. The molecule has 0 radical (unpaired) electrons. The van der Waals surface area contributed by atoms with Gasteiger partial charge in [-0.15, -0.1) is 0 Å². The molecule has 4 rings (SSSR count). The Bertz CT molecular complexity index is 1110. The van der Waals surface area contributed by atoms with E-state index in [0.717, 1.165) is 39.6 Å². The van der Waals surface area contributed by atoms with Gasteiger partial charge in [0.05, 0.1) is 6.54 Å². The van der Waals surface area contributed by atoms with Crippen LogP contribution >= 0.6 is 0 Å². The Balaban J connectivity index is 1.63. The third-order valence-corrected chi connectivity index (χ3v) is 5.85. The maximum absolute atomic E-state index is 13.6. The highest BCUT2D eigenvalue weighted by Gasteiger charge is 2.22. The fraction of sp³-hybridized carbons (Fsp3) is 0.370. The van der Waals surface area contributed by atoms with Crippen molar-refractivity contribution in [3.63, 3.8) is 0 Å². The summed E-state index contributed by atoms with van der Waals surface area (Å²) in [6.45, 7) is 11.5. The molecule has 0 spiro atoms. The van der Waals surface area contributed by atoms with Crippen molar-refractivity contribution >= 4 is 11.7 Å². The first-order valence-electron chi connectivity index (χ1n) is 11.4. The molecule has 0 aliphatic carbocycles. The standard InChI is InChI=1S/C27H32N2O4/c1-17(2)22-7-6-8-23(18(3)4)26(22)28-27(30)29(15-21-11-9-19(5)33-21)14-20-10-12-24-25(13-20)32-16-31-24/h6-13,17-18H,14-16H2,1-5H3,(H,28,30). The molecule has 6 heteroatoms. The number of carbonyl (C=O) groups is 1. The van der Waals surface area contributed by atoms with Crippen LogP contribution in [0.3, 0.4) is 0 Å². The summed E-state index contributed by atoms with van der Waals surface area (Å²) in [6.07, 6.45) is 0. The number of furan rings is 1. The first-order chi connectivity index (χ1) is 15.8. The van der Waals surface area contributed by atoms with E-state index in [-0.39, 0.29) is 24.7 Å². The topological polar surface area (TPSA) is 63.9 Å². The maximum atomic E-state index is 13.6. The summed E-state index contributed by atoms with van der Waals surface area (Å²) < 4.78 is 16.7. The lowest BCUT2D eigenvalue weighted by molar-refractivity contribution is 0.174. The number of aryl methyl sites for hydroxylation is 1. The predicted octanol–water partition coefficient (Wildman–Crippen LogP) is 6.80. The zero-order chi connectivity index (χ0) is 23.5. The van der Waals surface area contributed by atoms with Crippen molar-refractivity contribution in [1.82, 2.24) is 4.90 Å². The van der Waals surface area contributed by atoms with E-state index >= 15 is 0 Å². The summed E-state index contributed by atoms with van der Waals surface area (Å²) in [5, 5.41) is 3.23. The third-order valence-electron chi connectivity index (χ3n) is 5.85. The number of urea groups is 1. The minimum absolute atomic E-state index is 0.170. The molecule has 0 saturated carbocycles. The molecule has 33 heavy (non-hydrogen) atoms. The second kappa shape index (κ2) is 9.61. The van der Waals surface area contributed by atoms with E-state index in [1.54, 1.807) is 4.90 Å². The zero-order valence-corrected chi connectivity index (χ0v) is 20.0. The van der Waals surface area contributed by atoms with E-state index in [0.29, 0.717) is 18.8 Å². The highest BCUT2D eigenvalue weighted by molar-refractivity contribution is 5.91. The zero-order valence-electron chi connectivity index (χ0n) is 20.0. The van der Waals surface area contributed by atoms with Crippen LogP contribution in [0.2, 0.25) is 0 Å². The van der Waals surface area contributed by atoms with Gasteiger partial charge in [-0.3, -0.25) is 0 Å². The van der Waals surface area contributed by atoms with E-state index in [1.165, 1.54) is 0 Å². The molecule has 0 bridgehead atoms. The van der Waals surface area contributed by atoms with E-state index in [1.807, 2.05) is 37.3 Å². The number of carbonyl (C=O) groups excluding carboxylic acids is 1. The minimum atomic E-state index is -0.170. The number of anilines is 1. The molecule has 0 saturated heterocycles. The third kappa shape index (κ3) is 5.16. The molecule has 3 aromatic rings. The molecular weight excluding hydrogens is 416 g/mol. The summed E-state index contributed by atoms with van der Waals surface area (Å²) in [7, 11) is 0. The molecule has 1 aromatic heterocycles. The molecule has 1 aliphatic heterocycles. The van der Waals surface area contributed by atoms with Crippen molar-refractivity contribution < 1.29 is 18.7 Å². The van der Waals surface area contributed by atoms with Crippen molar-refractivity contribution in [2.75, 3.05) is 12.1 Å². The number of hydrogen-bond donors (Lipinski definition) is 1. The van der Waals surface area contributed by atoms with Gasteiger partial charge in [-0.2, -0.15) is 0 Å². The molecule has 0 fully saturated rings. The maximum Gasteiger partial charge on any atom is 0.322 e. The van der Waals surface area contributed by atoms with Gasteiger partial charge in [0.15, 0.2) is 11.5 Å². The van der Waals surface area contributed by atoms with Gasteiger partial charge in [-0.05, 0) is 59.7 Å². The lowest BCUT2D eigenvalue weighted by Gasteiger charge is -2.26. The Labute approximate surface area is 195 Å². The van der Waals surface area contributed by atoms with E-state index < -0.39 is 0 Å². The molecule has 2 heterocycles. The number of fused-ring (bicyclic) bond motifs is 1. The second-order valence-corrected chi connectivity index (χ2v) is 9.11. The number of rotatable bonds is 7. The average molecular weight is 449 g/mol. The first kappa shape index (κ1) is 22.8. The second-order valence-electron chi connectivity index (χ2n) is 9.11. The van der Waals surface area contributed by atoms with Crippen LogP contribution < -0.4 is 14.8 Å². The van der Waals surface area contributed by atoms with Crippen LogP contribution in [0.1, 0.15) is 67.7 Å². The van der Waals surface area contributed by atoms with Crippen LogP contribution in [0.5, 0.6) is 11.5 Å². The number of hydrogen-bond acceptors (Lipinski definition) is 4. The molecule has 1 N–H and O–H groups in total. The van der Waals surface area contributed by atoms with Gasteiger partial charge in [0, 0.05) is 12.2 Å². The largest absolute Gasteiger partial charge is 0.464 e. The smallest absolute Gasteiger partial charge is 0.322 e. The van der Waals surface area contributed by atoms with Gasteiger partial charge in [0.25, 0.3) is 0 Å². The Morgan fingerprint density at radius 3 is 2.27 bits per heavy atom. The van der Waals surface area contributed by atoms with E-state index in [9.17, 15) is 4.79 Å². The van der Waals surface area contributed by atoms with Gasteiger partial charge < -0.3 is 24.1 Å². The monoisotopic (exact) mass is 448 g/mol. The summed E-state index contributed by atoms with van der Waals surface area (Å²) in [5.41, 5.74) is 4.12. The normalized spacial score (nSPS) is 12.5. The minimum Gasteiger partial charge on any atom is -0.464 e. The molecule has 1 aliphatic rings. The van der Waals surface area contributed by atoms with Crippen LogP contribution in [0.15, 0.2) is 52.9 Å². The van der Waals surface area contributed by atoms with Crippen molar-refractivity contribution in [2.24, 2.45) is 0 Å². The van der Waals surface area contributed by atoms with Crippen molar-refractivity contribution in [3.8, 4) is 11.5 Å². The number of nitrogens with one attached hydrogen (secondary N) is 1. The summed E-state index contributed by atoms with van der Waals surface area (Å²) in [5.74, 6) is 3.56. The van der Waals surface area contributed by atoms with Crippen LogP contribution in [0, 0.1) is 6.92 Å². The molecule has 2 aromatic carbocycles. The first-order valence-corrected chi connectivity index (χ1v) is 11.4. The SMILES string of the molecule is Cc1ccc(CN(Cc2ccc3c(c2)OCO3)C(=O)Nc2c(C(C)C)cccc2C(C)C)o1. The molecule has 0 unspecified atom stereocenters. The van der Waals surface area contributed by atoms with Crippen LogP contribution in [-0.4, -0.2) is 17.7 Å². The Morgan fingerprint density at radius 2 is 1.64 bits per heavy atom. The highest BCUT2D eigenvalue weighted by Crippen LogP contribution is 2.34. The van der Waals surface area contributed by atoms with Crippen LogP contribution in [-0.2, 0) is 13.1 Å².